The number of allylic oxidation sites excluding steroid dienone is 1. The molecule has 14 radical (unpaired) electrons. The van der Waals surface area contributed by atoms with Gasteiger partial charge in [0.15, 0.2) is 0 Å². The first kappa shape index (κ1) is 21.7. The van der Waals surface area contributed by atoms with Gasteiger partial charge in [0.25, 0.3) is 0 Å². The second kappa shape index (κ2) is 5.84. The average molecular weight is 371 g/mol. The molecular weight excluding hydrogens is 352 g/mol. The Bertz CT molecular complexity index is 851. The quantitative estimate of drug-likeness (QED) is 0.598. The van der Waals surface area contributed by atoms with Crippen molar-refractivity contribution >= 4 is 66.5 Å². The van der Waals surface area contributed by atoms with Crippen molar-refractivity contribution in [2.75, 3.05) is 0 Å². The minimum Gasteiger partial charge on any atom is -0.393 e. The minimum absolute atomic E-state index is 0.000302. The van der Waals surface area contributed by atoms with Gasteiger partial charge in [0.05, 0.1) is 53.2 Å². The first-order valence-electron chi connectivity index (χ1n) is 9.99. The molecule has 3 nitrogen and oxygen atoms in total. The van der Waals surface area contributed by atoms with E-state index in [1.165, 1.54) is 0 Å². The summed E-state index contributed by atoms with van der Waals surface area (Å²) in [5.74, 6) is -1.71. The highest BCUT2D eigenvalue weighted by Crippen LogP contribution is 2.72. The highest BCUT2D eigenvalue weighted by molar-refractivity contribution is 6.59. The molecule has 3 fully saturated rings. The average Bonchev–Trinajstić information content (AvgIpc) is 2.71. The SMILES string of the molecule is [B]C1=C2C([B])([B])CC3C(C(=O)CC4(C)C3CC([B])([B])[C@@H]4O)C2(C)CC([B])([B])C1=O. The fourth-order valence-corrected chi connectivity index (χ4v) is 7.44. The molecule has 1 N–H and O–H groups in total. The number of ketones is 2. The fraction of sp³-hybridized carbons (Fsp3) is 0.789. The lowest BCUT2D eigenvalue weighted by molar-refractivity contribution is -0.149. The Balaban J connectivity index is 1.91. The van der Waals surface area contributed by atoms with E-state index in [0.29, 0.717) is 12.0 Å². The Labute approximate surface area is 182 Å². The first-order chi connectivity index (χ1) is 13.0. The molecule has 0 aliphatic heterocycles. The van der Waals surface area contributed by atoms with Crippen LogP contribution in [0.5, 0.6) is 0 Å². The van der Waals surface area contributed by atoms with E-state index in [2.05, 4.69) is 0 Å². The largest absolute Gasteiger partial charge is 0.393 e. The van der Waals surface area contributed by atoms with Gasteiger partial charge in [-0.1, -0.05) is 48.2 Å². The summed E-state index contributed by atoms with van der Waals surface area (Å²) >= 11 is 0. The van der Waals surface area contributed by atoms with Crippen LogP contribution < -0.4 is 0 Å². The third kappa shape index (κ3) is 2.63. The van der Waals surface area contributed by atoms with E-state index in [1.54, 1.807) is 0 Å². The number of aliphatic hydroxyl groups is 1. The molecule has 3 saturated carbocycles. The monoisotopic (exact) mass is 372 g/mol. The molecule has 0 amide bonds. The molecule has 0 saturated heterocycles. The Morgan fingerprint density at radius 3 is 2.14 bits per heavy atom. The van der Waals surface area contributed by atoms with Crippen molar-refractivity contribution in [1.29, 1.82) is 0 Å². The Kier molecular flexibility index (Phi) is 4.37. The van der Waals surface area contributed by atoms with E-state index in [0.717, 1.165) is 0 Å². The van der Waals surface area contributed by atoms with E-state index in [-0.39, 0.29) is 42.4 Å². The molecule has 4 aliphatic carbocycles. The maximum Gasteiger partial charge on any atom is 0.137 e. The number of hydrogen-bond donors (Lipinski definition) is 1. The predicted molar refractivity (Wildman–Crippen MR) is 117 cm³/mol. The van der Waals surface area contributed by atoms with Gasteiger partial charge < -0.3 is 5.11 Å². The van der Waals surface area contributed by atoms with Gasteiger partial charge in [-0.3, -0.25) is 9.59 Å². The maximum absolute atomic E-state index is 13.5. The molecule has 4 aliphatic rings. The topological polar surface area (TPSA) is 54.4 Å². The molecule has 0 bridgehead atoms. The number of hydrogen-bond acceptors (Lipinski definition) is 3. The van der Waals surface area contributed by atoms with Gasteiger partial charge in [-0.15, -0.1) is 0 Å². The minimum atomic E-state index is -1.72. The summed E-state index contributed by atoms with van der Waals surface area (Å²) in [7, 11) is 43.7. The van der Waals surface area contributed by atoms with Crippen LogP contribution >= 0.6 is 0 Å². The van der Waals surface area contributed by atoms with Crippen molar-refractivity contribution in [2.45, 2.75) is 61.3 Å². The maximum atomic E-state index is 13.5. The summed E-state index contributed by atoms with van der Waals surface area (Å²) in [6, 6.07) is 0. The predicted octanol–water partition coefficient (Wildman–Crippen LogP) is -0.256. The summed E-state index contributed by atoms with van der Waals surface area (Å²) in [4.78, 5) is 26.1. The Morgan fingerprint density at radius 2 is 1.55 bits per heavy atom. The van der Waals surface area contributed by atoms with Crippen LogP contribution in [0.4, 0.5) is 0 Å². The zero-order valence-corrected chi connectivity index (χ0v) is 16.9. The highest BCUT2D eigenvalue weighted by atomic mass is 16.3. The van der Waals surface area contributed by atoms with Crippen LogP contribution in [0.3, 0.4) is 0 Å². The van der Waals surface area contributed by atoms with Gasteiger partial charge in [-0.25, -0.2) is 0 Å². The van der Waals surface area contributed by atoms with Crippen molar-refractivity contribution in [3.8, 4) is 0 Å². The molecular formula is C19H19B7O3. The zero-order valence-electron chi connectivity index (χ0n) is 16.9. The van der Waals surface area contributed by atoms with Crippen molar-refractivity contribution in [1.82, 2.24) is 0 Å². The smallest absolute Gasteiger partial charge is 0.137 e. The molecule has 10 heteroatoms. The highest BCUT2D eigenvalue weighted by Gasteiger charge is 2.68. The number of carbonyl (C=O) groups excluding carboxylic acids is 2. The second-order valence-electron chi connectivity index (χ2n) is 10.6. The van der Waals surface area contributed by atoms with Gasteiger partial charge in [-0.05, 0) is 28.9 Å². The van der Waals surface area contributed by atoms with Crippen LogP contribution in [0.25, 0.3) is 0 Å². The van der Waals surface area contributed by atoms with Crippen LogP contribution in [0.1, 0.15) is 39.5 Å². The number of fused-ring (bicyclic) bond motifs is 5. The molecule has 0 aromatic heterocycles. The lowest BCUT2D eigenvalue weighted by atomic mass is 9.28. The van der Waals surface area contributed by atoms with Crippen LogP contribution in [0.2, 0.25) is 15.6 Å². The van der Waals surface area contributed by atoms with E-state index >= 15 is 0 Å². The Morgan fingerprint density at radius 1 is 0.966 bits per heavy atom. The van der Waals surface area contributed by atoms with E-state index in [9.17, 15) is 14.7 Å². The van der Waals surface area contributed by atoms with Gasteiger partial charge in [-0.2, -0.15) is 0 Å². The summed E-state index contributed by atoms with van der Waals surface area (Å²) in [6.45, 7) is 3.65. The van der Waals surface area contributed by atoms with Crippen LogP contribution in [-0.2, 0) is 9.59 Å². The van der Waals surface area contributed by atoms with E-state index < -0.39 is 44.3 Å². The molecule has 5 unspecified atom stereocenters. The number of aliphatic hydroxyl groups excluding tert-OH is 1. The van der Waals surface area contributed by atoms with Gasteiger partial charge >= 0.3 is 0 Å². The van der Waals surface area contributed by atoms with Gasteiger partial charge in [0.2, 0.25) is 0 Å². The molecule has 0 aromatic rings. The van der Waals surface area contributed by atoms with E-state index in [1.807, 2.05) is 13.8 Å². The Hall–Kier alpha value is -0.505. The van der Waals surface area contributed by atoms with Crippen molar-refractivity contribution < 1.29 is 14.7 Å². The van der Waals surface area contributed by atoms with Crippen LogP contribution in [0.15, 0.2) is 11.0 Å². The van der Waals surface area contributed by atoms with Crippen LogP contribution in [0, 0.1) is 28.6 Å². The van der Waals surface area contributed by atoms with Crippen LogP contribution in [-0.4, -0.2) is 77.7 Å². The molecule has 0 heterocycles. The summed E-state index contributed by atoms with van der Waals surface area (Å²) in [5.41, 5.74) is -1.56. The third-order valence-electron chi connectivity index (χ3n) is 8.29. The molecule has 0 spiro atoms. The normalized spacial score (nSPS) is 47.3. The number of carbonyl (C=O) groups is 2. The molecule has 4 rings (SSSR count). The van der Waals surface area contributed by atoms with Gasteiger partial charge in [0.1, 0.15) is 19.4 Å². The zero-order chi connectivity index (χ0) is 21.9. The second-order valence-corrected chi connectivity index (χ2v) is 10.6. The third-order valence-corrected chi connectivity index (χ3v) is 8.29. The lowest BCUT2D eigenvalue weighted by Gasteiger charge is -2.64. The van der Waals surface area contributed by atoms with Crippen molar-refractivity contribution in [3.63, 3.8) is 0 Å². The standard InChI is InChI=1S/C19H19B7O3/c1-15-5-9(27)10-7(8(15)4-18(23,24)14(15)29)3-17(21,22)12-11(20)13(28)19(25,26)6-16(10,12)2/h7-8,10,14,29H,3-6H2,1-2H3/t7?,8?,10?,14-,15?,16?/m1/s1. The first-order valence-corrected chi connectivity index (χ1v) is 9.99. The fourth-order valence-electron chi connectivity index (χ4n) is 7.44. The van der Waals surface area contributed by atoms with Crippen molar-refractivity contribution in [3.05, 3.63) is 11.0 Å². The molecule has 6 atom stereocenters. The molecule has 0 aromatic carbocycles. The number of rotatable bonds is 0. The molecule has 134 valence electrons. The van der Waals surface area contributed by atoms with Gasteiger partial charge in [0, 0.05) is 17.8 Å². The molecule has 29 heavy (non-hydrogen) atoms. The summed E-state index contributed by atoms with van der Waals surface area (Å²) < 4.78 is 0. The summed E-state index contributed by atoms with van der Waals surface area (Å²) in [6.07, 6.45) is -0.388. The lowest BCUT2D eigenvalue weighted by Crippen LogP contribution is -2.60. The number of Topliss-reactive ketones (excluding diaryl/α,β-unsaturated/α-hetero) is 2. The van der Waals surface area contributed by atoms with Crippen molar-refractivity contribution in [2.24, 2.45) is 28.6 Å². The summed E-state index contributed by atoms with van der Waals surface area (Å²) in [5, 5.41) is 6.37. The van der Waals surface area contributed by atoms with E-state index in [4.69, 9.17) is 54.9 Å².